The van der Waals surface area contributed by atoms with Gasteiger partial charge in [-0.25, -0.2) is 13.4 Å². The van der Waals surface area contributed by atoms with E-state index in [0.29, 0.717) is 18.7 Å². The molecule has 16 heavy (non-hydrogen) atoms. The van der Waals surface area contributed by atoms with Crippen LogP contribution in [0.5, 0.6) is 0 Å². The lowest BCUT2D eigenvalue weighted by atomic mass is 10.1. The Morgan fingerprint density at radius 2 is 2.31 bits per heavy atom. The van der Waals surface area contributed by atoms with E-state index >= 15 is 0 Å². The molecule has 0 aliphatic carbocycles. The molecule has 0 bridgehead atoms. The number of nitrogens with two attached hydrogens (primary N) is 1. The van der Waals surface area contributed by atoms with Crippen molar-refractivity contribution in [3.63, 3.8) is 0 Å². The van der Waals surface area contributed by atoms with Gasteiger partial charge in [-0.05, 0) is 19.4 Å². The van der Waals surface area contributed by atoms with Crippen LogP contribution in [0.1, 0.15) is 35.2 Å². The van der Waals surface area contributed by atoms with Crippen LogP contribution in [0.2, 0.25) is 0 Å². The molecule has 90 valence electrons. The van der Waals surface area contributed by atoms with Crippen molar-refractivity contribution in [2.75, 3.05) is 12.3 Å². The highest BCUT2D eigenvalue weighted by atomic mass is 32.2. The summed E-state index contributed by atoms with van der Waals surface area (Å²) in [4.78, 5) is 4.38. The Morgan fingerprint density at radius 1 is 1.50 bits per heavy atom. The van der Waals surface area contributed by atoms with Crippen molar-refractivity contribution in [1.29, 1.82) is 0 Å². The van der Waals surface area contributed by atoms with E-state index in [4.69, 9.17) is 5.73 Å². The molecule has 0 saturated carbocycles. The molecule has 0 aromatic carbocycles. The Labute approximate surface area is 99.8 Å². The number of hydrogen-bond donors (Lipinski definition) is 1. The fraction of sp³-hybridized carbons (Fsp3) is 0.700. The summed E-state index contributed by atoms with van der Waals surface area (Å²) in [5.74, 6) is 0.307. The second-order valence-electron chi connectivity index (χ2n) is 4.06. The summed E-state index contributed by atoms with van der Waals surface area (Å²) in [5.41, 5.74) is 6.18. The summed E-state index contributed by atoms with van der Waals surface area (Å²) >= 11 is 1.51. The monoisotopic (exact) mass is 260 g/mol. The predicted octanol–water partition coefficient (Wildman–Crippen LogP) is 1.28. The van der Waals surface area contributed by atoms with Crippen molar-refractivity contribution in [3.8, 4) is 0 Å². The van der Waals surface area contributed by atoms with E-state index in [1.807, 2.05) is 5.38 Å². The molecule has 2 heterocycles. The number of aromatic nitrogens is 1. The first kappa shape index (κ1) is 12.0. The maximum atomic E-state index is 11.9. The first-order valence-corrected chi connectivity index (χ1v) is 8.09. The molecule has 1 unspecified atom stereocenters. The van der Waals surface area contributed by atoms with E-state index in [1.165, 1.54) is 11.3 Å². The van der Waals surface area contributed by atoms with Gasteiger partial charge < -0.3 is 5.73 Å². The van der Waals surface area contributed by atoms with E-state index in [1.54, 1.807) is 0 Å². The molecule has 1 fully saturated rings. The second kappa shape index (κ2) is 4.81. The van der Waals surface area contributed by atoms with Gasteiger partial charge >= 0.3 is 0 Å². The molecule has 4 nitrogen and oxygen atoms in total. The third-order valence-electron chi connectivity index (χ3n) is 2.84. The summed E-state index contributed by atoms with van der Waals surface area (Å²) < 4.78 is 23.8. The maximum Gasteiger partial charge on any atom is 0.158 e. The van der Waals surface area contributed by atoms with E-state index in [0.717, 1.165) is 30.0 Å². The van der Waals surface area contributed by atoms with Crippen molar-refractivity contribution >= 4 is 21.2 Å². The third-order valence-corrected chi connectivity index (χ3v) is 5.96. The number of nitrogens with zero attached hydrogens (tertiary/aromatic N) is 1. The summed E-state index contributed by atoms with van der Waals surface area (Å²) in [7, 11) is -2.97. The molecule has 1 saturated heterocycles. The summed E-state index contributed by atoms with van der Waals surface area (Å²) in [6.07, 6.45) is 3.22. The van der Waals surface area contributed by atoms with Crippen molar-refractivity contribution in [1.82, 2.24) is 4.98 Å². The number of sulfone groups is 1. The van der Waals surface area contributed by atoms with Crippen molar-refractivity contribution in [2.24, 2.45) is 5.73 Å². The number of thiazole rings is 1. The zero-order chi connectivity index (χ0) is 11.6. The quantitative estimate of drug-likeness (QED) is 0.888. The Hall–Kier alpha value is -0.460. The predicted molar refractivity (Wildman–Crippen MR) is 65.3 cm³/mol. The molecule has 1 aromatic rings. The molecule has 2 N–H and O–H groups in total. The molecule has 0 radical (unpaired) electrons. The van der Waals surface area contributed by atoms with Crippen LogP contribution in [-0.2, 0) is 16.3 Å². The minimum Gasteiger partial charge on any atom is -0.330 e. The van der Waals surface area contributed by atoms with Gasteiger partial charge in [-0.1, -0.05) is 6.42 Å². The standard InChI is InChI=1S/C10H16N2O2S2/c11-5-4-10-12-8(7-15-10)9-3-1-2-6-16(9,13)14/h7,9H,1-6,11H2. The number of rotatable bonds is 3. The van der Waals surface area contributed by atoms with E-state index in [2.05, 4.69) is 4.98 Å². The lowest BCUT2D eigenvalue weighted by molar-refractivity contribution is 0.543. The van der Waals surface area contributed by atoms with Crippen LogP contribution in [-0.4, -0.2) is 25.7 Å². The first-order chi connectivity index (χ1) is 7.63. The second-order valence-corrected chi connectivity index (χ2v) is 7.30. The lowest BCUT2D eigenvalue weighted by Gasteiger charge is -2.20. The molecule has 1 aliphatic heterocycles. The Bertz CT molecular complexity index is 453. The van der Waals surface area contributed by atoms with Crippen LogP contribution >= 0.6 is 11.3 Å². The summed E-state index contributed by atoms with van der Waals surface area (Å²) in [6.45, 7) is 0.560. The molecular weight excluding hydrogens is 244 g/mol. The van der Waals surface area contributed by atoms with Gasteiger partial charge in [-0.15, -0.1) is 11.3 Å². The van der Waals surface area contributed by atoms with Crippen LogP contribution in [0, 0.1) is 0 Å². The van der Waals surface area contributed by atoms with Crippen LogP contribution < -0.4 is 5.73 Å². The van der Waals surface area contributed by atoms with Gasteiger partial charge in [0.25, 0.3) is 0 Å². The Kier molecular flexibility index (Phi) is 3.61. The van der Waals surface area contributed by atoms with Gasteiger partial charge in [0, 0.05) is 11.8 Å². The fourth-order valence-electron chi connectivity index (χ4n) is 2.00. The summed E-state index contributed by atoms with van der Waals surface area (Å²) in [5, 5.41) is 2.45. The van der Waals surface area contributed by atoms with Crippen LogP contribution in [0.15, 0.2) is 5.38 Å². The highest BCUT2D eigenvalue weighted by Crippen LogP contribution is 2.33. The molecule has 1 aliphatic rings. The minimum absolute atomic E-state index is 0.307. The molecule has 2 rings (SSSR count). The lowest BCUT2D eigenvalue weighted by Crippen LogP contribution is -2.21. The maximum absolute atomic E-state index is 11.9. The van der Waals surface area contributed by atoms with Crippen molar-refractivity contribution in [3.05, 3.63) is 16.1 Å². The third kappa shape index (κ3) is 2.44. The van der Waals surface area contributed by atoms with Gasteiger partial charge in [0.15, 0.2) is 9.84 Å². The highest BCUT2D eigenvalue weighted by molar-refractivity contribution is 7.91. The Morgan fingerprint density at radius 3 is 3.00 bits per heavy atom. The Balaban J connectivity index is 2.22. The average Bonchev–Trinajstić information content (AvgIpc) is 2.66. The first-order valence-electron chi connectivity index (χ1n) is 5.49. The zero-order valence-electron chi connectivity index (χ0n) is 9.05. The molecule has 0 amide bonds. The van der Waals surface area contributed by atoms with Crippen LogP contribution in [0.25, 0.3) is 0 Å². The van der Waals surface area contributed by atoms with Crippen LogP contribution in [0.3, 0.4) is 0 Å². The van der Waals surface area contributed by atoms with E-state index < -0.39 is 9.84 Å². The van der Waals surface area contributed by atoms with Crippen LogP contribution in [0.4, 0.5) is 0 Å². The van der Waals surface area contributed by atoms with Gasteiger partial charge in [-0.2, -0.15) is 0 Å². The normalized spacial score (nSPS) is 24.4. The van der Waals surface area contributed by atoms with Gasteiger partial charge in [0.1, 0.15) is 5.25 Å². The molecule has 6 heteroatoms. The summed E-state index contributed by atoms with van der Waals surface area (Å²) in [6, 6.07) is 0. The molecule has 0 spiro atoms. The highest BCUT2D eigenvalue weighted by Gasteiger charge is 2.31. The molecule has 1 aromatic heterocycles. The van der Waals surface area contributed by atoms with Gasteiger partial charge in [0.2, 0.25) is 0 Å². The average molecular weight is 260 g/mol. The van der Waals surface area contributed by atoms with Crippen molar-refractivity contribution < 1.29 is 8.42 Å². The van der Waals surface area contributed by atoms with E-state index in [9.17, 15) is 8.42 Å². The van der Waals surface area contributed by atoms with Gasteiger partial charge in [-0.3, -0.25) is 0 Å². The number of hydrogen-bond acceptors (Lipinski definition) is 5. The topological polar surface area (TPSA) is 73.0 Å². The smallest absolute Gasteiger partial charge is 0.158 e. The fourth-order valence-corrected chi connectivity index (χ4v) is 4.86. The molecular formula is C10H16N2O2S2. The zero-order valence-corrected chi connectivity index (χ0v) is 10.7. The van der Waals surface area contributed by atoms with Crippen molar-refractivity contribution in [2.45, 2.75) is 30.9 Å². The molecule has 1 atom stereocenters. The minimum atomic E-state index is -2.97. The largest absolute Gasteiger partial charge is 0.330 e. The van der Waals surface area contributed by atoms with E-state index in [-0.39, 0.29) is 5.25 Å². The van der Waals surface area contributed by atoms with Gasteiger partial charge in [0.05, 0.1) is 16.5 Å². The SMILES string of the molecule is NCCc1nc(C2CCCCS2(=O)=O)cs1.